The number of hydrogen-bond acceptors (Lipinski definition) is 4. The quantitative estimate of drug-likeness (QED) is 0.852. The first-order valence-corrected chi connectivity index (χ1v) is 7.90. The summed E-state index contributed by atoms with van der Waals surface area (Å²) in [6.07, 6.45) is -3.26. The van der Waals surface area contributed by atoms with Gasteiger partial charge < -0.3 is 10.2 Å². The molecule has 0 fully saturated rings. The number of alkyl halides is 3. The van der Waals surface area contributed by atoms with Gasteiger partial charge in [-0.1, -0.05) is 11.6 Å². The molecule has 1 aromatic carbocycles. The number of carbonyl (C=O) groups is 1. The Morgan fingerprint density at radius 2 is 1.92 bits per heavy atom. The molecule has 134 valence electrons. The Hall–Kier alpha value is -2.35. The Morgan fingerprint density at radius 3 is 2.52 bits per heavy atom. The molecule has 0 spiro atoms. The van der Waals surface area contributed by atoms with E-state index in [1.165, 1.54) is 18.3 Å². The highest BCUT2D eigenvalue weighted by Crippen LogP contribution is 2.36. The molecule has 1 amide bonds. The van der Waals surface area contributed by atoms with Crippen LogP contribution in [0.3, 0.4) is 0 Å². The molecule has 0 aliphatic carbocycles. The predicted octanol–water partition coefficient (Wildman–Crippen LogP) is 4.25. The van der Waals surface area contributed by atoms with Crippen molar-refractivity contribution in [1.82, 2.24) is 9.97 Å². The third-order valence-electron chi connectivity index (χ3n) is 3.46. The third kappa shape index (κ3) is 4.60. The fraction of sp³-hybridized carbons (Fsp3) is 0.312. The molecule has 9 heteroatoms. The lowest BCUT2D eigenvalue weighted by Crippen LogP contribution is -2.25. The minimum Gasteiger partial charge on any atom is -0.341 e. The Kier molecular flexibility index (Phi) is 5.84. The van der Waals surface area contributed by atoms with Crippen molar-refractivity contribution < 1.29 is 18.0 Å². The largest absolute Gasteiger partial charge is 0.418 e. The molecule has 0 radical (unpaired) electrons. The van der Waals surface area contributed by atoms with E-state index >= 15 is 0 Å². The molecule has 0 aliphatic rings. The first-order chi connectivity index (χ1) is 11.8. The summed E-state index contributed by atoms with van der Waals surface area (Å²) < 4.78 is 39.3. The molecule has 2 rings (SSSR count). The fourth-order valence-corrected chi connectivity index (χ4v) is 2.35. The number of amides is 1. The van der Waals surface area contributed by atoms with Gasteiger partial charge in [0.15, 0.2) is 0 Å². The zero-order valence-electron chi connectivity index (χ0n) is 13.6. The zero-order valence-corrected chi connectivity index (χ0v) is 14.3. The van der Waals surface area contributed by atoms with Crippen molar-refractivity contribution in [2.24, 2.45) is 0 Å². The number of aromatic nitrogens is 2. The molecule has 0 atom stereocenters. The smallest absolute Gasteiger partial charge is 0.341 e. The Morgan fingerprint density at radius 1 is 1.24 bits per heavy atom. The second-order valence-corrected chi connectivity index (χ2v) is 5.49. The van der Waals surface area contributed by atoms with Crippen LogP contribution >= 0.6 is 11.6 Å². The molecule has 0 saturated carbocycles. The maximum absolute atomic E-state index is 13.1. The van der Waals surface area contributed by atoms with Crippen molar-refractivity contribution in [3.63, 3.8) is 0 Å². The summed E-state index contributed by atoms with van der Waals surface area (Å²) >= 11 is 5.63. The first-order valence-electron chi connectivity index (χ1n) is 7.52. The van der Waals surface area contributed by atoms with Crippen LogP contribution in [-0.4, -0.2) is 29.0 Å². The number of benzene rings is 1. The van der Waals surface area contributed by atoms with Crippen LogP contribution < -0.4 is 10.2 Å². The molecule has 1 N–H and O–H groups in total. The highest BCUT2D eigenvalue weighted by Gasteiger charge is 2.34. The second-order valence-electron chi connectivity index (χ2n) is 5.06. The Bertz CT molecular complexity index is 763. The van der Waals surface area contributed by atoms with Gasteiger partial charge in [-0.3, -0.25) is 4.79 Å². The summed E-state index contributed by atoms with van der Waals surface area (Å²) in [4.78, 5) is 22.3. The number of rotatable bonds is 5. The van der Waals surface area contributed by atoms with Gasteiger partial charge in [0.1, 0.15) is 5.69 Å². The van der Waals surface area contributed by atoms with E-state index in [1.54, 1.807) is 0 Å². The van der Waals surface area contributed by atoms with Gasteiger partial charge in [0.25, 0.3) is 5.91 Å². The lowest BCUT2D eigenvalue weighted by Gasteiger charge is -2.18. The molecular formula is C16H16ClF3N4O. The summed E-state index contributed by atoms with van der Waals surface area (Å²) in [5.41, 5.74) is -1.43. The van der Waals surface area contributed by atoms with Crippen LogP contribution in [-0.2, 0) is 6.18 Å². The molecule has 25 heavy (non-hydrogen) atoms. The minimum absolute atomic E-state index is 0.0278. The van der Waals surface area contributed by atoms with Gasteiger partial charge in [-0.05, 0) is 38.1 Å². The van der Waals surface area contributed by atoms with E-state index in [0.717, 1.165) is 12.1 Å². The molecular weight excluding hydrogens is 357 g/mol. The Labute approximate surface area is 147 Å². The van der Waals surface area contributed by atoms with Crippen molar-refractivity contribution in [2.45, 2.75) is 20.0 Å². The fourth-order valence-electron chi connectivity index (χ4n) is 2.18. The number of nitrogens with one attached hydrogen (secondary N) is 1. The standard InChI is InChI=1S/C16H16ClF3N4O/c1-3-24(4-2)15-21-8-7-13(23-15)14(25)22-12-6-5-10(17)9-11(12)16(18,19)20/h5-9H,3-4H2,1-2H3,(H,22,25). The van der Waals surface area contributed by atoms with Crippen LogP contribution in [0.2, 0.25) is 5.02 Å². The molecule has 0 aliphatic heterocycles. The van der Waals surface area contributed by atoms with E-state index in [4.69, 9.17) is 11.6 Å². The van der Waals surface area contributed by atoms with E-state index in [0.29, 0.717) is 19.0 Å². The predicted molar refractivity (Wildman–Crippen MR) is 90.0 cm³/mol. The number of halogens is 4. The van der Waals surface area contributed by atoms with E-state index in [-0.39, 0.29) is 16.4 Å². The summed E-state index contributed by atoms with van der Waals surface area (Å²) in [6.45, 7) is 5.08. The van der Waals surface area contributed by atoms with Crippen LogP contribution in [0.5, 0.6) is 0 Å². The molecule has 5 nitrogen and oxygen atoms in total. The first kappa shape index (κ1) is 19.0. The number of hydrogen-bond donors (Lipinski definition) is 1. The van der Waals surface area contributed by atoms with Gasteiger partial charge in [-0.25, -0.2) is 9.97 Å². The van der Waals surface area contributed by atoms with Gasteiger partial charge in [-0.2, -0.15) is 13.2 Å². The lowest BCUT2D eigenvalue weighted by atomic mass is 10.1. The van der Waals surface area contributed by atoms with Gasteiger partial charge in [0.05, 0.1) is 11.3 Å². The highest BCUT2D eigenvalue weighted by molar-refractivity contribution is 6.30. The topological polar surface area (TPSA) is 58.1 Å². The van der Waals surface area contributed by atoms with Crippen LogP contribution in [0.25, 0.3) is 0 Å². The molecule has 2 aromatic rings. The molecule has 0 saturated heterocycles. The summed E-state index contributed by atoms with van der Waals surface area (Å²) in [5.74, 6) is -0.423. The number of nitrogens with zero attached hydrogens (tertiary/aromatic N) is 3. The minimum atomic E-state index is -4.65. The second kappa shape index (κ2) is 7.69. The highest BCUT2D eigenvalue weighted by atomic mass is 35.5. The molecule has 1 aromatic heterocycles. The van der Waals surface area contributed by atoms with Crippen LogP contribution in [0, 0.1) is 0 Å². The van der Waals surface area contributed by atoms with E-state index in [2.05, 4.69) is 15.3 Å². The summed E-state index contributed by atoms with van der Waals surface area (Å²) in [5, 5.41) is 2.16. The van der Waals surface area contributed by atoms with Crippen LogP contribution in [0.4, 0.5) is 24.8 Å². The van der Waals surface area contributed by atoms with Crippen molar-refractivity contribution in [3.8, 4) is 0 Å². The van der Waals surface area contributed by atoms with Gasteiger partial charge in [0, 0.05) is 24.3 Å². The van der Waals surface area contributed by atoms with Crippen LogP contribution in [0.1, 0.15) is 29.9 Å². The average Bonchev–Trinajstić information content (AvgIpc) is 2.57. The number of carbonyl (C=O) groups excluding carboxylic acids is 1. The maximum Gasteiger partial charge on any atom is 0.418 e. The lowest BCUT2D eigenvalue weighted by molar-refractivity contribution is -0.136. The molecule has 1 heterocycles. The van der Waals surface area contributed by atoms with E-state index < -0.39 is 17.6 Å². The molecule has 0 unspecified atom stereocenters. The van der Waals surface area contributed by atoms with Gasteiger partial charge >= 0.3 is 6.18 Å². The maximum atomic E-state index is 13.1. The zero-order chi connectivity index (χ0) is 18.6. The monoisotopic (exact) mass is 372 g/mol. The SMILES string of the molecule is CCN(CC)c1nccc(C(=O)Nc2ccc(Cl)cc2C(F)(F)F)n1. The normalized spacial score (nSPS) is 11.3. The van der Waals surface area contributed by atoms with E-state index in [1.807, 2.05) is 18.7 Å². The van der Waals surface area contributed by atoms with Crippen molar-refractivity contribution in [1.29, 1.82) is 0 Å². The third-order valence-corrected chi connectivity index (χ3v) is 3.69. The number of anilines is 2. The van der Waals surface area contributed by atoms with Crippen molar-refractivity contribution in [2.75, 3.05) is 23.3 Å². The summed E-state index contributed by atoms with van der Waals surface area (Å²) in [6, 6.07) is 4.48. The molecule has 0 bridgehead atoms. The van der Waals surface area contributed by atoms with Gasteiger partial charge in [-0.15, -0.1) is 0 Å². The van der Waals surface area contributed by atoms with Crippen molar-refractivity contribution in [3.05, 3.63) is 46.7 Å². The van der Waals surface area contributed by atoms with Crippen LogP contribution in [0.15, 0.2) is 30.5 Å². The van der Waals surface area contributed by atoms with E-state index in [9.17, 15) is 18.0 Å². The summed E-state index contributed by atoms with van der Waals surface area (Å²) in [7, 11) is 0. The van der Waals surface area contributed by atoms with Crippen molar-refractivity contribution >= 4 is 29.1 Å². The Balaban J connectivity index is 2.31. The average molecular weight is 373 g/mol. The van der Waals surface area contributed by atoms with Gasteiger partial charge in [0.2, 0.25) is 5.95 Å².